The number of carbonyl (C=O) groups is 1. The predicted octanol–water partition coefficient (Wildman–Crippen LogP) is 2.00. The Balaban J connectivity index is 0.00000180. The van der Waals surface area contributed by atoms with E-state index in [1.54, 1.807) is 0 Å². The number of benzene rings is 1. The Hall–Kier alpha value is -0.810. The Kier molecular flexibility index (Phi) is 8.13. The monoisotopic (exact) mass is 320 g/mol. The second-order valence-electron chi connectivity index (χ2n) is 4.95. The molecule has 0 radical (unpaired) electrons. The largest absolute Gasteiger partial charge is 0.468 e. The van der Waals surface area contributed by atoms with E-state index in [2.05, 4.69) is 17.0 Å². The van der Waals surface area contributed by atoms with Crippen molar-refractivity contribution in [1.82, 2.24) is 4.90 Å². The number of esters is 1. The SMILES string of the molecule is COC(=O)C1(N)CCCN(Cc2ccccc2)C1.Cl.Cl. The molecule has 1 aromatic carbocycles. The number of likely N-dealkylation sites (tertiary alicyclic amines) is 1. The molecule has 6 heteroatoms. The number of methoxy groups -OCH3 is 1. The maximum absolute atomic E-state index is 11.7. The van der Waals surface area contributed by atoms with Gasteiger partial charge in [-0.2, -0.15) is 0 Å². The first kappa shape index (κ1) is 19.2. The highest BCUT2D eigenvalue weighted by Crippen LogP contribution is 2.21. The highest BCUT2D eigenvalue weighted by atomic mass is 35.5. The lowest BCUT2D eigenvalue weighted by Crippen LogP contribution is -2.59. The van der Waals surface area contributed by atoms with Crippen LogP contribution in [0.25, 0.3) is 0 Å². The summed E-state index contributed by atoms with van der Waals surface area (Å²) in [6.07, 6.45) is 1.63. The first-order valence-electron chi connectivity index (χ1n) is 6.28. The molecule has 1 unspecified atom stereocenters. The summed E-state index contributed by atoms with van der Waals surface area (Å²) in [6.45, 7) is 2.37. The summed E-state index contributed by atoms with van der Waals surface area (Å²) < 4.78 is 4.80. The normalized spacial score (nSPS) is 22.3. The third kappa shape index (κ3) is 4.63. The van der Waals surface area contributed by atoms with Crippen molar-refractivity contribution in [2.45, 2.75) is 24.9 Å². The fourth-order valence-corrected chi connectivity index (χ4v) is 2.52. The highest BCUT2D eigenvalue weighted by molar-refractivity contribution is 5.85. The molecule has 1 atom stereocenters. The van der Waals surface area contributed by atoms with Crippen LogP contribution in [0.5, 0.6) is 0 Å². The number of hydrogen-bond donors (Lipinski definition) is 1. The Bertz CT molecular complexity index is 417. The maximum Gasteiger partial charge on any atom is 0.327 e. The smallest absolute Gasteiger partial charge is 0.327 e. The van der Waals surface area contributed by atoms with Crippen LogP contribution in [-0.4, -0.2) is 36.6 Å². The van der Waals surface area contributed by atoms with Gasteiger partial charge in [0.25, 0.3) is 0 Å². The van der Waals surface area contributed by atoms with Gasteiger partial charge in [0.1, 0.15) is 5.54 Å². The third-order valence-corrected chi connectivity index (χ3v) is 3.44. The van der Waals surface area contributed by atoms with Crippen molar-refractivity contribution in [3.8, 4) is 0 Å². The lowest BCUT2D eigenvalue weighted by atomic mass is 9.90. The molecular weight excluding hydrogens is 299 g/mol. The lowest BCUT2D eigenvalue weighted by Gasteiger charge is -2.38. The van der Waals surface area contributed by atoms with Crippen molar-refractivity contribution in [2.24, 2.45) is 5.73 Å². The van der Waals surface area contributed by atoms with E-state index in [4.69, 9.17) is 10.5 Å². The van der Waals surface area contributed by atoms with Crippen LogP contribution in [0, 0.1) is 0 Å². The van der Waals surface area contributed by atoms with Gasteiger partial charge in [0.2, 0.25) is 0 Å². The van der Waals surface area contributed by atoms with E-state index in [-0.39, 0.29) is 30.8 Å². The van der Waals surface area contributed by atoms with Crippen LogP contribution in [0.3, 0.4) is 0 Å². The molecule has 1 heterocycles. The minimum absolute atomic E-state index is 0. The van der Waals surface area contributed by atoms with Crippen molar-refractivity contribution in [3.05, 3.63) is 35.9 Å². The molecule has 0 saturated carbocycles. The second kappa shape index (κ2) is 8.47. The first-order chi connectivity index (χ1) is 8.64. The number of piperidine rings is 1. The minimum atomic E-state index is -0.845. The summed E-state index contributed by atoms with van der Waals surface area (Å²) in [5, 5.41) is 0. The molecule has 2 N–H and O–H groups in total. The minimum Gasteiger partial charge on any atom is -0.468 e. The molecule has 0 bridgehead atoms. The number of halogens is 2. The van der Waals surface area contributed by atoms with E-state index in [9.17, 15) is 4.79 Å². The third-order valence-electron chi connectivity index (χ3n) is 3.44. The Morgan fingerprint density at radius 3 is 2.60 bits per heavy atom. The molecule has 4 nitrogen and oxygen atoms in total. The standard InChI is InChI=1S/C14H20N2O2.2ClH/c1-18-13(17)14(15)8-5-9-16(11-14)10-12-6-3-2-4-7-12;;/h2-4,6-7H,5,8-11,15H2,1H3;2*1H. The van der Waals surface area contributed by atoms with Gasteiger partial charge in [0.15, 0.2) is 0 Å². The van der Waals surface area contributed by atoms with Crippen LogP contribution >= 0.6 is 24.8 Å². The van der Waals surface area contributed by atoms with Gasteiger partial charge in [-0.3, -0.25) is 9.69 Å². The molecular formula is C14H22Cl2N2O2. The van der Waals surface area contributed by atoms with Gasteiger partial charge in [0.05, 0.1) is 7.11 Å². The van der Waals surface area contributed by atoms with Crippen molar-refractivity contribution >= 4 is 30.8 Å². The van der Waals surface area contributed by atoms with E-state index in [0.717, 1.165) is 19.5 Å². The summed E-state index contributed by atoms with van der Waals surface area (Å²) in [6, 6.07) is 10.2. The van der Waals surface area contributed by atoms with Crippen molar-refractivity contribution in [2.75, 3.05) is 20.2 Å². The fraction of sp³-hybridized carbons (Fsp3) is 0.500. The van der Waals surface area contributed by atoms with Gasteiger partial charge < -0.3 is 10.5 Å². The summed E-state index contributed by atoms with van der Waals surface area (Å²) >= 11 is 0. The van der Waals surface area contributed by atoms with E-state index in [1.807, 2.05) is 18.2 Å². The second-order valence-corrected chi connectivity index (χ2v) is 4.95. The molecule has 1 aliphatic heterocycles. The van der Waals surface area contributed by atoms with Crippen LogP contribution in [0.2, 0.25) is 0 Å². The number of nitrogens with zero attached hydrogens (tertiary/aromatic N) is 1. The molecule has 1 fully saturated rings. The summed E-state index contributed by atoms with van der Waals surface area (Å²) in [7, 11) is 1.40. The van der Waals surface area contributed by atoms with Gasteiger partial charge in [-0.25, -0.2) is 0 Å². The van der Waals surface area contributed by atoms with Crippen molar-refractivity contribution < 1.29 is 9.53 Å². The maximum atomic E-state index is 11.7. The van der Waals surface area contributed by atoms with Gasteiger partial charge in [-0.15, -0.1) is 24.8 Å². The quantitative estimate of drug-likeness (QED) is 0.865. The first-order valence-corrected chi connectivity index (χ1v) is 6.28. The fourth-order valence-electron chi connectivity index (χ4n) is 2.52. The van der Waals surface area contributed by atoms with E-state index >= 15 is 0 Å². The summed E-state index contributed by atoms with van der Waals surface area (Å²) in [5.74, 6) is -0.305. The molecule has 0 amide bonds. The average molecular weight is 321 g/mol. The Morgan fingerprint density at radius 2 is 2.00 bits per heavy atom. The zero-order chi connectivity index (χ0) is 13.0. The highest BCUT2D eigenvalue weighted by Gasteiger charge is 2.39. The average Bonchev–Trinajstić information content (AvgIpc) is 2.39. The van der Waals surface area contributed by atoms with Gasteiger partial charge in [-0.1, -0.05) is 30.3 Å². The number of nitrogens with two attached hydrogens (primary N) is 1. The zero-order valence-electron chi connectivity index (χ0n) is 11.6. The Morgan fingerprint density at radius 1 is 1.35 bits per heavy atom. The molecule has 20 heavy (non-hydrogen) atoms. The number of rotatable bonds is 3. The van der Waals surface area contributed by atoms with Crippen molar-refractivity contribution in [1.29, 1.82) is 0 Å². The van der Waals surface area contributed by atoms with Crippen LogP contribution in [0.15, 0.2) is 30.3 Å². The molecule has 0 aromatic heterocycles. The molecule has 0 spiro atoms. The van der Waals surface area contributed by atoms with Crippen LogP contribution in [0.1, 0.15) is 18.4 Å². The van der Waals surface area contributed by atoms with Gasteiger partial charge >= 0.3 is 5.97 Å². The lowest BCUT2D eigenvalue weighted by molar-refractivity contribution is -0.149. The number of carbonyl (C=O) groups excluding carboxylic acids is 1. The summed E-state index contributed by atoms with van der Waals surface area (Å²) in [4.78, 5) is 13.9. The topological polar surface area (TPSA) is 55.6 Å². The molecule has 2 rings (SSSR count). The van der Waals surface area contributed by atoms with Crippen molar-refractivity contribution in [3.63, 3.8) is 0 Å². The van der Waals surface area contributed by atoms with E-state index in [0.29, 0.717) is 13.0 Å². The molecule has 1 aromatic rings. The van der Waals surface area contributed by atoms with Crippen LogP contribution in [-0.2, 0) is 16.1 Å². The van der Waals surface area contributed by atoms with Crippen LogP contribution in [0.4, 0.5) is 0 Å². The van der Waals surface area contributed by atoms with Gasteiger partial charge in [0, 0.05) is 13.1 Å². The van der Waals surface area contributed by atoms with E-state index in [1.165, 1.54) is 12.7 Å². The van der Waals surface area contributed by atoms with E-state index < -0.39 is 5.54 Å². The number of ether oxygens (including phenoxy) is 1. The van der Waals surface area contributed by atoms with Crippen LogP contribution < -0.4 is 5.73 Å². The number of hydrogen-bond acceptors (Lipinski definition) is 4. The molecule has 114 valence electrons. The molecule has 1 saturated heterocycles. The predicted molar refractivity (Wildman–Crippen MR) is 84.4 cm³/mol. The van der Waals surface area contributed by atoms with Gasteiger partial charge in [-0.05, 0) is 24.9 Å². The molecule has 0 aliphatic carbocycles. The zero-order valence-corrected chi connectivity index (χ0v) is 13.2. The molecule has 1 aliphatic rings. The Labute approximate surface area is 132 Å². The summed E-state index contributed by atoms with van der Waals surface area (Å²) in [5.41, 5.74) is 6.54.